The molecule has 2 aromatic carbocycles. The number of thioether (sulfide) groups is 1. The van der Waals surface area contributed by atoms with Gasteiger partial charge in [0.1, 0.15) is 5.82 Å². The molecule has 0 aliphatic carbocycles. The molecule has 2 aromatic rings. The Hall–Kier alpha value is -1.81. The Morgan fingerprint density at radius 2 is 1.82 bits per heavy atom. The summed E-state index contributed by atoms with van der Waals surface area (Å²) in [5, 5.41) is 0. The van der Waals surface area contributed by atoms with Crippen molar-refractivity contribution >= 4 is 17.7 Å². The Morgan fingerprint density at radius 1 is 1.14 bits per heavy atom. The number of hydrogen-bond donors (Lipinski definition) is 0. The smallest absolute Gasteiger partial charge is 0.222 e. The van der Waals surface area contributed by atoms with E-state index in [9.17, 15) is 9.18 Å². The fourth-order valence-corrected chi connectivity index (χ4v) is 2.63. The van der Waals surface area contributed by atoms with E-state index >= 15 is 0 Å². The van der Waals surface area contributed by atoms with E-state index < -0.39 is 0 Å². The third kappa shape index (κ3) is 4.60. The largest absolute Gasteiger partial charge is 0.341 e. The van der Waals surface area contributed by atoms with Gasteiger partial charge in [-0.25, -0.2) is 4.39 Å². The molecule has 0 saturated carbocycles. The minimum atomic E-state index is -0.245. The maximum Gasteiger partial charge on any atom is 0.222 e. The fourth-order valence-electron chi connectivity index (χ4n) is 2.23. The first kappa shape index (κ1) is 16.6. The summed E-state index contributed by atoms with van der Waals surface area (Å²) < 4.78 is 13.5. The third-order valence-electron chi connectivity index (χ3n) is 3.57. The zero-order chi connectivity index (χ0) is 15.9. The molecule has 0 spiro atoms. The lowest BCUT2D eigenvalue weighted by molar-refractivity contribution is -0.130. The van der Waals surface area contributed by atoms with E-state index in [1.165, 1.54) is 11.0 Å². The molecule has 116 valence electrons. The number of nitrogens with zero attached hydrogens (tertiary/aromatic N) is 1. The van der Waals surface area contributed by atoms with E-state index in [1.807, 2.05) is 18.4 Å². The van der Waals surface area contributed by atoms with Crippen molar-refractivity contribution in [2.24, 2.45) is 0 Å². The van der Waals surface area contributed by atoms with Crippen LogP contribution in [0.1, 0.15) is 17.5 Å². The minimum absolute atomic E-state index is 0.0252. The standard InChI is InChI=1S/C18H20FNOS/c1-20(13-14-7-10-16(22-2)11-8-14)18(21)12-9-15-5-3-4-6-17(15)19/h3-8,10-11H,9,12-13H2,1-2H3. The average molecular weight is 317 g/mol. The highest BCUT2D eigenvalue weighted by Gasteiger charge is 2.11. The molecule has 22 heavy (non-hydrogen) atoms. The van der Waals surface area contributed by atoms with Crippen molar-refractivity contribution < 1.29 is 9.18 Å². The summed E-state index contributed by atoms with van der Waals surface area (Å²) in [6.07, 6.45) is 2.79. The predicted molar refractivity (Wildman–Crippen MR) is 89.4 cm³/mol. The minimum Gasteiger partial charge on any atom is -0.341 e. The van der Waals surface area contributed by atoms with Gasteiger partial charge in [-0.15, -0.1) is 11.8 Å². The maximum absolute atomic E-state index is 13.5. The molecular weight excluding hydrogens is 297 g/mol. The molecule has 2 rings (SSSR count). The number of aryl methyl sites for hydroxylation is 1. The molecule has 0 atom stereocenters. The Bertz CT molecular complexity index is 627. The summed E-state index contributed by atoms with van der Waals surface area (Å²) in [5.41, 5.74) is 1.69. The number of benzene rings is 2. The lowest BCUT2D eigenvalue weighted by Gasteiger charge is -2.17. The van der Waals surface area contributed by atoms with Gasteiger partial charge in [0.05, 0.1) is 0 Å². The zero-order valence-corrected chi connectivity index (χ0v) is 13.7. The van der Waals surface area contributed by atoms with Crippen LogP contribution in [-0.4, -0.2) is 24.1 Å². The monoisotopic (exact) mass is 317 g/mol. The van der Waals surface area contributed by atoms with Crippen LogP contribution in [0, 0.1) is 5.82 Å². The zero-order valence-electron chi connectivity index (χ0n) is 12.9. The van der Waals surface area contributed by atoms with Gasteiger partial charge in [-0.3, -0.25) is 4.79 Å². The Kier molecular flexibility index (Phi) is 6.01. The van der Waals surface area contributed by atoms with E-state index in [0.29, 0.717) is 24.9 Å². The molecule has 0 bridgehead atoms. The summed E-state index contributed by atoms with van der Waals surface area (Å²) in [4.78, 5) is 15.0. The van der Waals surface area contributed by atoms with Gasteiger partial charge in [-0.1, -0.05) is 30.3 Å². The van der Waals surface area contributed by atoms with Crippen molar-refractivity contribution in [1.29, 1.82) is 0 Å². The van der Waals surface area contributed by atoms with Crippen LogP contribution in [0.5, 0.6) is 0 Å². The molecule has 0 heterocycles. The molecular formula is C18H20FNOS. The van der Waals surface area contributed by atoms with Gasteiger partial charge >= 0.3 is 0 Å². The van der Waals surface area contributed by atoms with Crippen LogP contribution in [0.4, 0.5) is 4.39 Å². The SMILES string of the molecule is CSc1ccc(CN(C)C(=O)CCc2ccccc2F)cc1. The number of halogens is 1. The van der Waals surface area contributed by atoms with Gasteiger partial charge in [0, 0.05) is 24.9 Å². The predicted octanol–water partition coefficient (Wildman–Crippen LogP) is 4.14. The highest BCUT2D eigenvalue weighted by Crippen LogP contribution is 2.16. The summed E-state index contributed by atoms with van der Waals surface area (Å²) in [6, 6.07) is 14.8. The summed E-state index contributed by atoms with van der Waals surface area (Å²) in [5.74, 6) is -0.220. The number of hydrogen-bond acceptors (Lipinski definition) is 2. The Morgan fingerprint density at radius 3 is 2.45 bits per heavy atom. The lowest BCUT2D eigenvalue weighted by Crippen LogP contribution is -2.26. The van der Waals surface area contributed by atoms with Crippen LogP contribution in [-0.2, 0) is 17.8 Å². The second-order valence-corrected chi connectivity index (χ2v) is 6.07. The molecule has 0 aliphatic heterocycles. The van der Waals surface area contributed by atoms with Crippen LogP contribution in [0.2, 0.25) is 0 Å². The van der Waals surface area contributed by atoms with Crippen molar-refractivity contribution in [2.75, 3.05) is 13.3 Å². The van der Waals surface area contributed by atoms with Crippen LogP contribution in [0.25, 0.3) is 0 Å². The summed E-state index contributed by atoms with van der Waals surface area (Å²) in [7, 11) is 1.78. The lowest BCUT2D eigenvalue weighted by atomic mass is 10.1. The van der Waals surface area contributed by atoms with E-state index in [4.69, 9.17) is 0 Å². The van der Waals surface area contributed by atoms with Crippen LogP contribution in [0.15, 0.2) is 53.4 Å². The molecule has 0 unspecified atom stereocenters. The van der Waals surface area contributed by atoms with Gasteiger partial charge in [0.2, 0.25) is 5.91 Å². The van der Waals surface area contributed by atoms with Crippen LogP contribution in [0.3, 0.4) is 0 Å². The molecule has 0 aromatic heterocycles. The first-order valence-electron chi connectivity index (χ1n) is 7.20. The normalized spacial score (nSPS) is 10.5. The van der Waals surface area contributed by atoms with Crippen molar-refractivity contribution in [3.63, 3.8) is 0 Å². The van der Waals surface area contributed by atoms with Gasteiger partial charge in [-0.05, 0) is 42.0 Å². The molecule has 2 nitrogen and oxygen atoms in total. The molecule has 4 heteroatoms. The number of carbonyl (C=O) groups excluding carboxylic acids is 1. The summed E-state index contributed by atoms with van der Waals surface area (Å²) in [6.45, 7) is 0.574. The average Bonchev–Trinajstić information content (AvgIpc) is 2.54. The third-order valence-corrected chi connectivity index (χ3v) is 4.31. The Labute approximate surface area is 135 Å². The molecule has 0 aliphatic rings. The van der Waals surface area contributed by atoms with Crippen molar-refractivity contribution in [2.45, 2.75) is 24.3 Å². The quantitative estimate of drug-likeness (QED) is 0.746. The van der Waals surface area contributed by atoms with E-state index in [-0.39, 0.29) is 11.7 Å². The molecule has 0 N–H and O–H groups in total. The first-order valence-corrected chi connectivity index (χ1v) is 8.43. The van der Waals surface area contributed by atoms with Gasteiger partial charge in [-0.2, -0.15) is 0 Å². The van der Waals surface area contributed by atoms with Crippen molar-refractivity contribution in [3.8, 4) is 0 Å². The van der Waals surface area contributed by atoms with E-state index in [0.717, 1.165) is 5.56 Å². The van der Waals surface area contributed by atoms with Gasteiger partial charge in [0.15, 0.2) is 0 Å². The van der Waals surface area contributed by atoms with Crippen LogP contribution >= 0.6 is 11.8 Å². The second kappa shape index (κ2) is 7.99. The van der Waals surface area contributed by atoms with E-state index in [1.54, 1.807) is 41.9 Å². The molecule has 0 fully saturated rings. The fraction of sp³-hybridized carbons (Fsp3) is 0.278. The second-order valence-electron chi connectivity index (χ2n) is 5.19. The molecule has 0 saturated heterocycles. The Balaban J connectivity index is 1.87. The number of carbonyl (C=O) groups is 1. The topological polar surface area (TPSA) is 20.3 Å². The summed E-state index contributed by atoms with van der Waals surface area (Å²) >= 11 is 1.69. The van der Waals surface area contributed by atoms with Gasteiger partial charge in [0.25, 0.3) is 0 Å². The molecule has 0 radical (unpaired) electrons. The van der Waals surface area contributed by atoms with Crippen molar-refractivity contribution in [3.05, 3.63) is 65.5 Å². The number of rotatable bonds is 6. The number of amides is 1. The van der Waals surface area contributed by atoms with Crippen molar-refractivity contribution in [1.82, 2.24) is 4.90 Å². The van der Waals surface area contributed by atoms with E-state index in [2.05, 4.69) is 12.1 Å². The molecule has 1 amide bonds. The first-order chi connectivity index (χ1) is 10.6. The maximum atomic E-state index is 13.5. The highest BCUT2D eigenvalue weighted by atomic mass is 32.2. The van der Waals surface area contributed by atoms with Crippen LogP contribution < -0.4 is 0 Å². The highest BCUT2D eigenvalue weighted by molar-refractivity contribution is 7.98. The van der Waals surface area contributed by atoms with Gasteiger partial charge < -0.3 is 4.90 Å².